The molecule has 156 valence electrons. The van der Waals surface area contributed by atoms with Crippen molar-refractivity contribution in [3.8, 4) is 16.9 Å². The van der Waals surface area contributed by atoms with Crippen LogP contribution in [0.5, 0.6) is 5.75 Å². The van der Waals surface area contributed by atoms with E-state index in [-0.39, 0.29) is 5.69 Å². The number of aldehydes is 1. The van der Waals surface area contributed by atoms with Crippen molar-refractivity contribution in [2.45, 2.75) is 25.3 Å². The molecule has 0 N–H and O–H groups in total. The van der Waals surface area contributed by atoms with E-state index in [1.54, 1.807) is 12.3 Å². The number of halogens is 2. The first-order valence-electron chi connectivity index (χ1n) is 9.60. The molecular weight excluding hydrogens is 392 g/mol. The second-order valence-electron chi connectivity index (χ2n) is 7.09. The summed E-state index contributed by atoms with van der Waals surface area (Å²) in [5.74, 6) is 1.01. The van der Waals surface area contributed by atoms with Crippen LogP contribution in [0, 0.1) is 0 Å². The van der Waals surface area contributed by atoms with Crippen molar-refractivity contribution in [1.82, 2.24) is 19.5 Å². The lowest BCUT2D eigenvalue weighted by molar-refractivity contribution is 0.112. The average molecular weight is 413 g/mol. The van der Waals surface area contributed by atoms with Crippen molar-refractivity contribution < 1.29 is 18.3 Å². The number of carbonyl (C=O) groups is 1. The van der Waals surface area contributed by atoms with Gasteiger partial charge in [0.2, 0.25) is 0 Å². The summed E-state index contributed by atoms with van der Waals surface area (Å²) >= 11 is 0. The molecule has 0 unspecified atom stereocenters. The minimum absolute atomic E-state index is 0.303. The highest BCUT2D eigenvalue weighted by molar-refractivity contribution is 5.90. The molecule has 9 heteroatoms. The number of carbonyl (C=O) groups excluding carboxylic acids is 1. The monoisotopic (exact) mass is 413 g/mol. The van der Waals surface area contributed by atoms with Gasteiger partial charge in [-0.1, -0.05) is 0 Å². The molecule has 30 heavy (non-hydrogen) atoms. The summed E-state index contributed by atoms with van der Waals surface area (Å²) < 4.78 is 33.8. The quantitative estimate of drug-likeness (QED) is 0.570. The van der Waals surface area contributed by atoms with Crippen LogP contribution in [0.4, 0.5) is 14.6 Å². The van der Waals surface area contributed by atoms with Gasteiger partial charge in [-0.25, -0.2) is 18.7 Å². The van der Waals surface area contributed by atoms with Crippen molar-refractivity contribution in [2.75, 3.05) is 25.1 Å². The van der Waals surface area contributed by atoms with Crippen molar-refractivity contribution in [3.05, 3.63) is 54.5 Å². The summed E-state index contributed by atoms with van der Waals surface area (Å²) in [4.78, 5) is 26.0. The van der Waals surface area contributed by atoms with Crippen molar-refractivity contribution >= 4 is 12.1 Å². The van der Waals surface area contributed by atoms with Crippen molar-refractivity contribution in [2.24, 2.45) is 0 Å². The number of anilines is 1. The normalized spacial score (nSPS) is 14.9. The predicted octanol–water partition coefficient (Wildman–Crippen LogP) is 3.94. The molecule has 0 aromatic carbocycles. The molecule has 0 bridgehead atoms. The lowest BCUT2D eigenvalue weighted by Gasteiger charge is -2.33. The summed E-state index contributed by atoms with van der Waals surface area (Å²) in [6, 6.07) is 3.40. The number of nitrogens with zero attached hydrogens (tertiary/aromatic N) is 5. The molecular formula is C21H21F2N5O2. The van der Waals surface area contributed by atoms with E-state index in [0.717, 1.165) is 25.9 Å². The molecule has 7 nitrogen and oxygen atoms in total. The molecule has 4 heterocycles. The number of methoxy groups -OCH3 is 1. The van der Waals surface area contributed by atoms with Gasteiger partial charge in [0.25, 0.3) is 6.43 Å². The lowest BCUT2D eigenvalue weighted by Crippen LogP contribution is -2.35. The minimum Gasteiger partial charge on any atom is -0.494 e. The highest BCUT2D eigenvalue weighted by Gasteiger charge is 2.23. The Kier molecular flexibility index (Phi) is 5.69. The molecule has 3 aromatic rings. The Balaban J connectivity index is 1.65. The van der Waals surface area contributed by atoms with Crippen LogP contribution in [0.15, 0.2) is 43.2 Å². The van der Waals surface area contributed by atoms with E-state index in [0.29, 0.717) is 40.6 Å². The fourth-order valence-corrected chi connectivity index (χ4v) is 3.79. The SMILES string of the molecule is COc1cnc(C(F)F)cc1-c1cc(N2CCC(n3ccnc3)CC2)ncc1C=O. The third-order valence-corrected chi connectivity index (χ3v) is 5.40. The minimum atomic E-state index is -2.72. The Labute approximate surface area is 172 Å². The maximum Gasteiger partial charge on any atom is 0.280 e. The molecule has 0 amide bonds. The Morgan fingerprint density at radius 3 is 2.60 bits per heavy atom. The summed E-state index contributed by atoms with van der Waals surface area (Å²) in [6.07, 6.45) is 8.08. The summed E-state index contributed by atoms with van der Waals surface area (Å²) in [7, 11) is 1.44. The van der Waals surface area contributed by atoms with Gasteiger partial charge in [0.1, 0.15) is 17.3 Å². The lowest BCUT2D eigenvalue weighted by atomic mass is 10.00. The van der Waals surface area contributed by atoms with E-state index in [1.165, 1.54) is 25.6 Å². The Morgan fingerprint density at radius 2 is 1.97 bits per heavy atom. The van der Waals surface area contributed by atoms with Crippen LogP contribution in [0.3, 0.4) is 0 Å². The maximum absolute atomic E-state index is 13.2. The standard InChI is InChI=1S/C21H21F2N5O2/c1-30-19-11-25-18(21(22)23)8-17(19)16-9-20(26-10-14(16)12-29)27-5-2-15(3-6-27)28-7-4-24-13-28/h4,7-13,15,21H,2-3,5-6H2,1H3. The number of rotatable bonds is 6. The number of imidazole rings is 1. The highest BCUT2D eigenvalue weighted by Crippen LogP contribution is 2.36. The predicted molar refractivity (Wildman–Crippen MR) is 107 cm³/mol. The van der Waals surface area contributed by atoms with Gasteiger partial charge in [-0.05, 0) is 25.0 Å². The van der Waals surface area contributed by atoms with Gasteiger partial charge in [-0.15, -0.1) is 0 Å². The summed E-state index contributed by atoms with van der Waals surface area (Å²) in [6.45, 7) is 1.57. The Morgan fingerprint density at radius 1 is 1.17 bits per heavy atom. The molecule has 0 aliphatic carbocycles. The van der Waals surface area contributed by atoms with Crippen LogP contribution in [0.1, 0.15) is 41.4 Å². The number of aromatic nitrogens is 4. The number of hydrogen-bond acceptors (Lipinski definition) is 6. The zero-order valence-corrected chi connectivity index (χ0v) is 16.4. The van der Waals surface area contributed by atoms with Gasteiger partial charge in [0.15, 0.2) is 6.29 Å². The molecule has 1 saturated heterocycles. The molecule has 4 rings (SSSR count). The number of ether oxygens (including phenoxy) is 1. The molecule has 0 saturated carbocycles. The van der Waals surface area contributed by atoms with Gasteiger partial charge in [0, 0.05) is 54.4 Å². The van der Waals surface area contributed by atoms with Gasteiger partial charge >= 0.3 is 0 Å². The average Bonchev–Trinajstić information content (AvgIpc) is 3.33. The fraction of sp³-hybridized carbons (Fsp3) is 0.333. The molecule has 3 aromatic heterocycles. The largest absolute Gasteiger partial charge is 0.494 e. The van der Waals surface area contributed by atoms with E-state index < -0.39 is 6.43 Å². The number of piperidine rings is 1. The number of alkyl halides is 2. The first-order valence-corrected chi connectivity index (χ1v) is 9.60. The van der Waals surface area contributed by atoms with E-state index >= 15 is 0 Å². The zero-order chi connectivity index (χ0) is 21.1. The second kappa shape index (κ2) is 8.56. The summed E-state index contributed by atoms with van der Waals surface area (Å²) in [5.41, 5.74) is 0.814. The second-order valence-corrected chi connectivity index (χ2v) is 7.09. The first kappa shape index (κ1) is 19.9. The molecule has 0 atom stereocenters. The van der Waals surface area contributed by atoms with E-state index in [2.05, 4.69) is 24.4 Å². The third kappa shape index (κ3) is 3.87. The van der Waals surface area contributed by atoms with E-state index in [4.69, 9.17) is 4.74 Å². The topological polar surface area (TPSA) is 73.1 Å². The van der Waals surface area contributed by atoms with Gasteiger partial charge in [-0.3, -0.25) is 9.78 Å². The van der Waals surface area contributed by atoms with E-state index in [1.807, 2.05) is 12.5 Å². The molecule has 0 radical (unpaired) electrons. The molecule has 1 fully saturated rings. The van der Waals surface area contributed by atoms with Crippen molar-refractivity contribution in [1.29, 1.82) is 0 Å². The molecule has 0 spiro atoms. The number of pyridine rings is 2. The van der Waals surface area contributed by atoms with Crippen LogP contribution < -0.4 is 9.64 Å². The molecule has 1 aliphatic heterocycles. The van der Waals surface area contributed by atoms with Gasteiger partial charge in [0.05, 0.1) is 19.6 Å². The van der Waals surface area contributed by atoms with Gasteiger partial charge < -0.3 is 14.2 Å². The fourth-order valence-electron chi connectivity index (χ4n) is 3.79. The van der Waals surface area contributed by atoms with Crippen LogP contribution >= 0.6 is 0 Å². The number of hydrogen-bond donors (Lipinski definition) is 0. The van der Waals surface area contributed by atoms with Crippen LogP contribution in [-0.2, 0) is 0 Å². The summed E-state index contributed by atoms with van der Waals surface area (Å²) in [5, 5.41) is 0. The van der Waals surface area contributed by atoms with Gasteiger partial charge in [-0.2, -0.15) is 0 Å². The maximum atomic E-state index is 13.2. The van der Waals surface area contributed by atoms with Crippen LogP contribution in [0.25, 0.3) is 11.1 Å². The zero-order valence-electron chi connectivity index (χ0n) is 16.4. The van der Waals surface area contributed by atoms with Crippen molar-refractivity contribution in [3.63, 3.8) is 0 Å². The van der Waals surface area contributed by atoms with E-state index in [9.17, 15) is 13.6 Å². The Bertz CT molecular complexity index is 1020. The Hall–Kier alpha value is -3.36. The van der Waals surface area contributed by atoms with Crippen LogP contribution in [0.2, 0.25) is 0 Å². The smallest absolute Gasteiger partial charge is 0.280 e. The third-order valence-electron chi connectivity index (χ3n) is 5.40. The highest BCUT2D eigenvalue weighted by atomic mass is 19.3. The van der Waals surface area contributed by atoms with Crippen LogP contribution in [-0.4, -0.2) is 46.0 Å². The molecule has 1 aliphatic rings. The first-order chi connectivity index (χ1) is 14.6.